The number of fused-ring (bicyclic) bond motifs is 1. The molecule has 0 aromatic rings. The zero-order valence-corrected chi connectivity index (χ0v) is 9.54. The molecule has 80 valence electrons. The summed E-state index contributed by atoms with van der Waals surface area (Å²) in [5.41, 5.74) is 1.52. The summed E-state index contributed by atoms with van der Waals surface area (Å²) >= 11 is 1.94. The van der Waals surface area contributed by atoms with E-state index in [-0.39, 0.29) is 0 Å². The highest BCUT2D eigenvalue weighted by Crippen LogP contribution is 2.38. The lowest BCUT2D eigenvalue weighted by Crippen LogP contribution is -2.44. The van der Waals surface area contributed by atoms with Crippen LogP contribution in [-0.2, 0) is 0 Å². The van der Waals surface area contributed by atoms with Gasteiger partial charge in [0.05, 0.1) is 0 Å². The van der Waals surface area contributed by atoms with E-state index in [1.807, 2.05) is 11.8 Å². The Morgan fingerprint density at radius 2 is 2.13 bits per heavy atom. The molecule has 0 aromatic heterocycles. The molecule has 2 atom stereocenters. The Morgan fingerprint density at radius 3 is 3.00 bits per heavy atom. The van der Waals surface area contributed by atoms with E-state index < -0.39 is 0 Å². The fraction of sp³-hybridized carbons (Fsp3) is 0.500. The standard InChI is InChI=1S/C12H16N2S/c1-2-11(14-7-5-13-6-8-14)10-4-9-15-12(10)3-1/h1-4,9-10,12-13H,5-8H2. The van der Waals surface area contributed by atoms with E-state index in [9.17, 15) is 0 Å². The van der Waals surface area contributed by atoms with Crippen LogP contribution in [0.3, 0.4) is 0 Å². The maximum atomic E-state index is 3.40. The quantitative estimate of drug-likeness (QED) is 0.722. The van der Waals surface area contributed by atoms with Gasteiger partial charge in [-0.15, -0.1) is 11.8 Å². The monoisotopic (exact) mass is 220 g/mol. The maximum absolute atomic E-state index is 3.40. The Kier molecular flexibility index (Phi) is 2.59. The van der Waals surface area contributed by atoms with Gasteiger partial charge in [0.2, 0.25) is 0 Å². The molecule has 15 heavy (non-hydrogen) atoms. The van der Waals surface area contributed by atoms with E-state index in [0.29, 0.717) is 11.2 Å². The summed E-state index contributed by atoms with van der Waals surface area (Å²) in [7, 11) is 0. The first kappa shape index (κ1) is 9.55. The summed E-state index contributed by atoms with van der Waals surface area (Å²) in [6.45, 7) is 4.55. The SMILES string of the molecule is C1=CC2SC=CC2C(N2CCNCC2)=C1. The molecular formula is C12H16N2S. The molecule has 3 rings (SSSR count). The number of nitrogens with one attached hydrogen (secondary N) is 1. The first-order valence-electron chi connectivity index (χ1n) is 5.61. The van der Waals surface area contributed by atoms with Gasteiger partial charge in [-0.1, -0.05) is 18.2 Å². The average Bonchev–Trinajstić information content (AvgIpc) is 2.78. The molecule has 1 fully saturated rings. The minimum atomic E-state index is 0.623. The van der Waals surface area contributed by atoms with Gasteiger partial charge in [-0.2, -0.15) is 0 Å². The van der Waals surface area contributed by atoms with Crippen molar-refractivity contribution in [3.05, 3.63) is 35.4 Å². The Morgan fingerprint density at radius 1 is 1.27 bits per heavy atom. The summed E-state index contributed by atoms with van der Waals surface area (Å²) in [6.07, 6.45) is 9.19. The zero-order chi connectivity index (χ0) is 10.1. The first-order valence-corrected chi connectivity index (χ1v) is 6.55. The highest BCUT2D eigenvalue weighted by atomic mass is 32.2. The smallest absolute Gasteiger partial charge is 0.0389 e. The van der Waals surface area contributed by atoms with Crippen molar-refractivity contribution < 1.29 is 0 Å². The van der Waals surface area contributed by atoms with Crippen molar-refractivity contribution in [3.63, 3.8) is 0 Å². The second kappa shape index (κ2) is 4.06. The van der Waals surface area contributed by atoms with E-state index in [4.69, 9.17) is 0 Å². The maximum Gasteiger partial charge on any atom is 0.0389 e. The Hall–Kier alpha value is -0.670. The second-order valence-corrected chi connectivity index (χ2v) is 5.26. The van der Waals surface area contributed by atoms with Gasteiger partial charge in [0.25, 0.3) is 0 Å². The molecule has 0 amide bonds. The van der Waals surface area contributed by atoms with Gasteiger partial charge in [-0.05, 0) is 11.5 Å². The van der Waals surface area contributed by atoms with Crippen molar-refractivity contribution in [2.75, 3.05) is 26.2 Å². The number of nitrogens with zero attached hydrogens (tertiary/aromatic N) is 1. The third-order valence-electron chi connectivity index (χ3n) is 3.27. The summed E-state index contributed by atoms with van der Waals surface area (Å²) < 4.78 is 0. The van der Waals surface area contributed by atoms with Crippen LogP contribution in [0.5, 0.6) is 0 Å². The van der Waals surface area contributed by atoms with E-state index in [1.54, 1.807) is 0 Å². The molecule has 1 N–H and O–H groups in total. The Bertz CT molecular complexity index is 327. The summed E-state index contributed by atoms with van der Waals surface area (Å²) in [5.74, 6) is 0.623. The number of allylic oxidation sites excluding steroid dienone is 3. The molecule has 2 unspecified atom stereocenters. The lowest BCUT2D eigenvalue weighted by Gasteiger charge is -2.36. The van der Waals surface area contributed by atoms with Gasteiger partial charge in [0, 0.05) is 43.0 Å². The molecule has 0 aromatic carbocycles. The average molecular weight is 220 g/mol. The highest BCUT2D eigenvalue weighted by Gasteiger charge is 2.29. The third-order valence-corrected chi connectivity index (χ3v) is 4.35. The fourth-order valence-corrected chi connectivity index (χ4v) is 3.48. The highest BCUT2D eigenvalue weighted by molar-refractivity contribution is 8.03. The van der Waals surface area contributed by atoms with Crippen LogP contribution in [-0.4, -0.2) is 36.3 Å². The summed E-state index contributed by atoms with van der Waals surface area (Å²) in [5, 5.41) is 6.31. The number of thioether (sulfide) groups is 1. The van der Waals surface area contributed by atoms with Crippen LogP contribution >= 0.6 is 11.8 Å². The van der Waals surface area contributed by atoms with Crippen molar-refractivity contribution in [3.8, 4) is 0 Å². The molecule has 0 saturated carbocycles. The third kappa shape index (κ3) is 1.74. The molecule has 0 radical (unpaired) electrons. The van der Waals surface area contributed by atoms with Crippen LogP contribution in [0.2, 0.25) is 0 Å². The molecule has 2 heterocycles. The lowest BCUT2D eigenvalue weighted by atomic mass is 9.95. The van der Waals surface area contributed by atoms with Crippen molar-refractivity contribution in [1.82, 2.24) is 10.2 Å². The van der Waals surface area contributed by atoms with Gasteiger partial charge in [-0.3, -0.25) is 0 Å². The molecule has 2 aliphatic heterocycles. The zero-order valence-electron chi connectivity index (χ0n) is 8.73. The lowest BCUT2D eigenvalue weighted by molar-refractivity contribution is 0.278. The topological polar surface area (TPSA) is 15.3 Å². The molecule has 2 nitrogen and oxygen atoms in total. The molecule has 3 aliphatic rings. The predicted octanol–water partition coefficient (Wildman–Crippen LogP) is 1.59. The van der Waals surface area contributed by atoms with Crippen LogP contribution in [0.15, 0.2) is 35.4 Å². The normalized spacial score (nSPS) is 34.1. The van der Waals surface area contributed by atoms with Crippen molar-refractivity contribution >= 4 is 11.8 Å². The number of hydrogen-bond donors (Lipinski definition) is 1. The predicted molar refractivity (Wildman–Crippen MR) is 65.7 cm³/mol. The van der Waals surface area contributed by atoms with Crippen LogP contribution < -0.4 is 5.32 Å². The van der Waals surface area contributed by atoms with Crippen molar-refractivity contribution in [2.45, 2.75) is 5.25 Å². The van der Waals surface area contributed by atoms with E-state index in [0.717, 1.165) is 26.2 Å². The van der Waals surface area contributed by atoms with E-state index >= 15 is 0 Å². The van der Waals surface area contributed by atoms with E-state index in [2.05, 4.69) is 39.9 Å². The molecule has 0 bridgehead atoms. The van der Waals surface area contributed by atoms with Crippen LogP contribution in [0.4, 0.5) is 0 Å². The second-order valence-electron chi connectivity index (χ2n) is 4.17. The van der Waals surface area contributed by atoms with Crippen molar-refractivity contribution in [2.24, 2.45) is 5.92 Å². The van der Waals surface area contributed by atoms with Gasteiger partial charge >= 0.3 is 0 Å². The number of piperazine rings is 1. The molecule has 1 aliphatic carbocycles. The van der Waals surface area contributed by atoms with Gasteiger partial charge in [0.15, 0.2) is 0 Å². The summed E-state index contributed by atoms with van der Waals surface area (Å²) in [4.78, 5) is 2.54. The van der Waals surface area contributed by atoms with E-state index in [1.165, 1.54) is 5.70 Å². The van der Waals surface area contributed by atoms with Gasteiger partial charge < -0.3 is 10.2 Å². The Labute approximate surface area is 95.1 Å². The summed E-state index contributed by atoms with van der Waals surface area (Å²) in [6, 6.07) is 0. The molecule has 1 saturated heterocycles. The van der Waals surface area contributed by atoms with Gasteiger partial charge in [0.1, 0.15) is 0 Å². The number of rotatable bonds is 1. The fourth-order valence-electron chi connectivity index (χ4n) is 2.46. The minimum Gasteiger partial charge on any atom is -0.372 e. The molecular weight excluding hydrogens is 204 g/mol. The number of hydrogen-bond acceptors (Lipinski definition) is 3. The van der Waals surface area contributed by atoms with Crippen LogP contribution in [0.25, 0.3) is 0 Å². The van der Waals surface area contributed by atoms with Crippen molar-refractivity contribution in [1.29, 1.82) is 0 Å². The largest absolute Gasteiger partial charge is 0.372 e. The first-order chi connectivity index (χ1) is 7.45. The minimum absolute atomic E-state index is 0.623. The Balaban J connectivity index is 1.81. The van der Waals surface area contributed by atoms with Crippen LogP contribution in [0, 0.1) is 5.92 Å². The van der Waals surface area contributed by atoms with Crippen LogP contribution in [0.1, 0.15) is 0 Å². The molecule has 3 heteroatoms. The van der Waals surface area contributed by atoms with Gasteiger partial charge in [-0.25, -0.2) is 0 Å². The molecule has 0 spiro atoms.